The van der Waals surface area contributed by atoms with Gasteiger partial charge >= 0.3 is 0 Å². The fourth-order valence-electron chi connectivity index (χ4n) is 2.48. The molecule has 0 aliphatic carbocycles. The van der Waals surface area contributed by atoms with Gasteiger partial charge in [0.1, 0.15) is 11.5 Å². The van der Waals surface area contributed by atoms with Gasteiger partial charge in [0.05, 0.1) is 16.8 Å². The number of sulfone groups is 1. The van der Waals surface area contributed by atoms with E-state index >= 15 is 0 Å². The standard InChI is InChI=1S/C18H16FN3O3S2/c1-26-18-20-11-16(22(18)12-6-4-3-5-7-12)17(23)21-15-10-13(27(2,24)25)8-9-14(15)19/h3-11H,1-2H3,(H,21,23). The molecule has 3 aromatic rings. The van der Waals surface area contributed by atoms with Gasteiger partial charge < -0.3 is 5.32 Å². The van der Waals surface area contributed by atoms with E-state index in [9.17, 15) is 17.6 Å². The molecule has 2 aromatic carbocycles. The van der Waals surface area contributed by atoms with Crippen LogP contribution in [0.3, 0.4) is 0 Å². The van der Waals surface area contributed by atoms with Gasteiger partial charge in [-0.3, -0.25) is 9.36 Å². The van der Waals surface area contributed by atoms with Crippen LogP contribution >= 0.6 is 11.8 Å². The summed E-state index contributed by atoms with van der Waals surface area (Å²) in [5, 5.41) is 3.03. The highest BCUT2D eigenvalue weighted by Gasteiger charge is 2.20. The fraction of sp³-hybridized carbons (Fsp3) is 0.111. The summed E-state index contributed by atoms with van der Waals surface area (Å²) < 4.78 is 39.1. The number of hydrogen-bond donors (Lipinski definition) is 1. The number of rotatable bonds is 5. The summed E-state index contributed by atoms with van der Waals surface area (Å²) in [6.07, 6.45) is 4.24. The van der Waals surface area contributed by atoms with Crippen LogP contribution in [0, 0.1) is 5.82 Å². The van der Waals surface area contributed by atoms with Crippen molar-refractivity contribution in [3.8, 4) is 5.69 Å². The van der Waals surface area contributed by atoms with Gasteiger partial charge in [-0.1, -0.05) is 30.0 Å². The van der Waals surface area contributed by atoms with E-state index < -0.39 is 21.6 Å². The van der Waals surface area contributed by atoms with Gasteiger partial charge in [0.15, 0.2) is 15.0 Å². The molecule has 0 unspecified atom stereocenters. The first-order valence-corrected chi connectivity index (χ1v) is 10.9. The van der Waals surface area contributed by atoms with Gasteiger partial charge in [-0.15, -0.1) is 0 Å². The van der Waals surface area contributed by atoms with Gasteiger partial charge in [-0.05, 0) is 36.6 Å². The highest BCUT2D eigenvalue weighted by Crippen LogP contribution is 2.24. The molecule has 3 rings (SSSR count). The van der Waals surface area contributed by atoms with Crippen LogP contribution in [-0.2, 0) is 9.84 Å². The number of hydrogen-bond acceptors (Lipinski definition) is 5. The molecule has 0 saturated heterocycles. The molecule has 1 aromatic heterocycles. The number of imidazole rings is 1. The minimum atomic E-state index is -3.53. The van der Waals surface area contributed by atoms with E-state index in [1.165, 1.54) is 18.0 Å². The Morgan fingerprint density at radius 2 is 1.89 bits per heavy atom. The second-order valence-electron chi connectivity index (χ2n) is 5.67. The van der Waals surface area contributed by atoms with Crippen molar-refractivity contribution in [2.24, 2.45) is 0 Å². The Hall–Kier alpha value is -2.65. The molecule has 9 heteroatoms. The molecular weight excluding hydrogens is 389 g/mol. The third-order valence-electron chi connectivity index (χ3n) is 3.77. The first-order chi connectivity index (χ1) is 12.8. The van der Waals surface area contributed by atoms with E-state index in [1.807, 2.05) is 36.6 Å². The molecule has 0 saturated carbocycles. The second kappa shape index (κ2) is 7.53. The molecule has 1 amide bonds. The average molecular weight is 405 g/mol. The van der Waals surface area contributed by atoms with E-state index in [2.05, 4.69) is 10.3 Å². The number of anilines is 1. The van der Waals surface area contributed by atoms with Crippen molar-refractivity contribution in [1.29, 1.82) is 0 Å². The van der Waals surface area contributed by atoms with Crippen molar-refractivity contribution in [3.05, 3.63) is 66.2 Å². The molecule has 0 fully saturated rings. The fourth-order valence-corrected chi connectivity index (χ4v) is 3.67. The van der Waals surface area contributed by atoms with Crippen LogP contribution in [0.5, 0.6) is 0 Å². The summed E-state index contributed by atoms with van der Waals surface area (Å²) in [7, 11) is -3.53. The van der Waals surface area contributed by atoms with E-state index in [0.717, 1.165) is 30.1 Å². The number of aromatic nitrogens is 2. The SMILES string of the molecule is CSc1ncc(C(=O)Nc2cc(S(C)(=O)=O)ccc2F)n1-c1ccccc1. The number of carbonyl (C=O) groups excluding carboxylic acids is 1. The predicted octanol–water partition coefficient (Wildman–Crippen LogP) is 3.39. The number of nitrogens with zero attached hydrogens (tertiary/aromatic N) is 2. The van der Waals surface area contributed by atoms with Crippen molar-refractivity contribution in [1.82, 2.24) is 9.55 Å². The lowest BCUT2D eigenvalue weighted by molar-refractivity contribution is 0.101. The molecule has 27 heavy (non-hydrogen) atoms. The van der Waals surface area contributed by atoms with Crippen molar-refractivity contribution in [3.63, 3.8) is 0 Å². The van der Waals surface area contributed by atoms with Crippen LogP contribution < -0.4 is 5.32 Å². The summed E-state index contributed by atoms with van der Waals surface area (Å²) >= 11 is 1.36. The van der Waals surface area contributed by atoms with Gasteiger partial charge in [0.2, 0.25) is 0 Å². The maximum Gasteiger partial charge on any atom is 0.274 e. The molecule has 1 heterocycles. The highest BCUT2D eigenvalue weighted by atomic mass is 32.2. The molecule has 0 aliphatic rings. The zero-order valence-electron chi connectivity index (χ0n) is 14.5. The molecular formula is C18H16FN3O3S2. The Bertz CT molecular complexity index is 1100. The van der Waals surface area contributed by atoms with Crippen molar-refractivity contribution in [2.75, 3.05) is 17.8 Å². The lowest BCUT2D eigenvalue weighted by Gasteiger charge is -2.12. The van der Waals surface area contributed by atoms with Crippen LogP contribution in [0.2, 0.25) is 0 Å². The van der Waals surface area contributed by atoms with Crippen LogP contribution in [0.4, 0.5) is 10.1 Å². The molecule has 1 N–H and O–H groups in total. The normalized spacial score (nSPS) is 11.4. The number of amides is 1. The molecule has 6 nitrogen and oxygen atoms in total. The number of benzene rings is 2. The molecule has 0 bridgehead atoms. The number of carbonyl (C=O) groups is 1. The zero-order chi connectivity index (χ0) is 19.6. The summed E-state index contributed by atoms with van der Waals surface area (Å²) in [6, 6.07) is 12.4. The molecule has 0 atom stereocenters. The van der Waals surface area contributed by atoms with E-state index in [-0.39, 0.29) is 16.3 Å². The Kier molecular flexibility index (Phi) is 5.33. The Labute approximate surface area is 160 Å². The molecule has 140 valence electrons. The van der Waals surface area contributed by atoms with Crippen molar-refractivity contribution < 1.29 is 17.6 Å². The lowest BCUT2D eigenvalue weighted by atomic mass is 10.2. The van der Waals surface area contributed by atoms with E-state index in [1.54, 1.807) is 4.57 Å². The zero-order valence-corrected chi connectivity index (χ0v) is 16.1. The summed E-state index contributed by atoms with van der Waals surface area (Å²) in [6.45, 7) is 0. The van der Waals surface area contributed by atoms with Gasteiger partial charge in [0, 0.05) is 11.9 Å². The smallest absolute Gasteiger partial charge is 0.274 e. The number of halogens is 1. The quantitative estimate of drug-likeness (QED) is 0.520. The second-order valence-corrected chi connectivity index (χ2v) is 8.46. The van der Waals surface area contributed by atoms with Gasteiger partial charge in [-0.2, -0.15) is 0 Å². The summed E-state index contributed by atoms with van der Waals surface area (Å²) in [5.74, 6) is -1.33. The van der Waals surface area contributed by atoms with Crippen LogP contribution in [0.15, 0.2) is 64.8 Å². The number of thioether (sulfide) groups is 1. The van der Waals surface area contributed by atoms with Crippen molar-refractivity contribution in [2.45, 2.75) is 10.1 Å². The molecule has 0 aliphatic heterocycles. The summed E-state index contributed by atoms with van der Waals surface area (Å²) in [5.41, 5.74) is 0.721. The Morgan fingerprint density at radius 1 is 1.19 bits per heavy atom. The van der Waals surface area contributed by atoms with Crippen LogP contribution in [-0.4, -0.2) is 36.4 Å². The maximum absolute atomic E-state index is 14.1. The summed E-state index contributed by atoms with van der Waals surface area (Å²) in [4.78, 5) is 16.9. The van der Waals surface area contributed by atoms with Crippen LogP contribution in [0.1, 0.15) is 10.5 Å². The lowest BCUT2D eigenvalue weighted by Crippen LogP contribution is -2.17. The topological polar surface area (TPSA) is 81.1 Å². The first-order valence-electron chi connectivity index (χ1n) is 7.79. The van der Waals surface area contributed by atoms with Gasteiger partial charge in [0.25, 0.3) is 5.91 Å². The monoisotopic (exact) mass is 405 g/mol. The minimum Gasteiger partial charge on any atom is -0.318 e. The first kappa shape index (κ1) is 19.1. The largest absolute Gasteiger partial charge is 0.318 e. The third-order valence-corrected chi connectivity index (χ3v) is 5.54. The maximum atomic E-state index is 14.1. The molecule has 0 radical (unpaired) electrons. The van der Waals surface area contributed by atoms with Crippen LogP contribution in [0.25, 0.3) is 5.69 Å². The predicted molar refractivity (Wildman–Crippen MR) is 103 cm³/mol. The average Bonchev–Trinajstić information content (AvgIpc) is 3.07. The van der Waals surface area contributed by atoms with E-state index in [0.29, 0.717) is 5.16 Å². The van der Waals surface area contributed by atoms with Gasteiger partial charge in [-0.25, -0.2) is 17.8 Å². The van der Waals surface area contributed by atoms with E-state index in [4.69, 9.17) is 0 Å². The molecule has 0 spiro atoms. The minimum absolute atomic E-state index is 0.0828. The number of nitrogens with one attached hydrogen (secondary N) is 1. The Morgan fingerprint density at radius 3 is 2.52 bits per heavy atom. The number of para-hydroxylation sites is 1. The third kappa shape index (κ3) is 4.04. The Balaban J connectivity index is 2.00. The highest BCUT2D eigenvalue weighted by molar-refractivity contribution is 7.98. The van der Waals surface area contributed by atoms with Crippen molar-refractivity contribution >= 4 is 33.2 Å².